The van der Waals surface area contributed by atoms with Gasteiger partial charge < -0.3 is 10.6 Å². The molecule has 0 bridgehead atoms. The summed E-state index contributed by atoms with van der Waals surface area (Å²) < 4.78 is 0. The maximum absolute atomic E-state index is 4.51. The number of rotatable bonds is 6. The number of aromatic nitrogens is 2. The quantitative estimate of drug-likeness (QED) is 0.772. The fourth-order valence-corrected chi connectivity index (χ4v) is 1.62. The van der Waals surface area contributed by atoms with Crippen LogP contribution in [0.4, 0.5) is 11.6 Å². The first-order valence-corrected chi connectivity index (χ1v) is 6.11. The van der Waals surface area contributed by atoms with Crippen LogP contribution in [-0.4, -0.2) is 23.6 Å². The summed E-state index contributed by atoms with van der Waals surface area (Å²) in [5.74, 6) is 3.64. The average molecular weight is 220 g/mol. The molecule has 0 saturated heterocycles. The monoisotopic (exact) mass is 220 g/mol. The molecule has 4 heteroatoms. The summed E-state index contributed by atoms with van der Waals surface area (Å²) >= 11 is 0. The standard InChI is InChI=1S/C12H20N4/c1-3-4-10-15-11(13-2)7-12(16-10)14-8-9-5-6-9/h7,9H,3-6,8H2,1-2H3,(H2,13,14,15,16). The van der Waals surface area contributed by atoms with Crippen molar-refractivity contribution in [3.63, 3.8) is 0 Å². The van der Waals surface area contributed by atoms with Crippen molar-refractivity contribution < 1.29 is 0 Å². The summed E-state index contributed by atoms with van der Waals surface area (Å²) in [7, 11) is 1.89. The number of anilines is 2. The number of hydrogen-bond donors (Lipinski definition) is 2. The van der Waals surface area contributed by atoms with E-state index >= 15 is 0 Å². The van der Waals surface area contributed by atoms with Crippen LogP contribution in [0.1, 0.15) is 32.0 Å². The zero-order chi connectivity index (χ0) is 11.4. The van der Waals surface area contributed by atoms with E-state index in [1.807, 2.05) is 13.1 Å². The van der Waals surface area contributed by atoms with Crippen LogP contribution in [0.25, 0.3) is 0 Å². The predicted octanol–water partition coefficient (Wildman–Crippen LogP) is 2.29. The lowest BCUT2D eigenvalue weighted by molar-refractivity contribution is 0.827. The second kappa shape index (κ2) is 5.14. The third kappa shape index (κ3) is 3.08. The molecule has 1 fully saturated rings. The van der Waals surface area contributed by atoms with E-state index in [1.54, 1.807) is 0 Å². The molecule has 1 aromatic heterocycles. The van der Waals surface area contributed by atoms with Crippen molar-refractivity contribution in [2.45, 2.75) is 32.6 Å². The Bertz CT molecular complexity index is 347. The molecule has 1 aliphatic carbocycles. The van der Waals surface area contributed by atoms with Gasteiger partial charge in [-0.05, 0) is 25.2 Å². The largest absolute Gasteiger partial charge is 0.373 e. The summed E-state index contributed by atoms with van der Waals surface area (Å²) in [6.07, 6.45) is 4.74. The van der Waals surface area contributed by atoms with Gasteiger partial charge in [0.15, 0.2) is 0 Å². The molecule has 0 atom stereocenters. The van der Waals surface area contributed by atoms with Crippen molar-refractivity contribution in [2.24, 2.45) is 5.92 Å². The van der Waals surface area contributed by atoms with Crippen molar-refractivity contribution in [1.82, 2.24) is 9.97 Å². The minimum atomic E-state index is 0.864. The first-order chi connectivity index (χ1) is 7.81. The first kappa shape index (κ1) is 11.2. The summed E-state index contributed by atoms with van der Waals surface area (Å²) in [5.41, 5.74) is 0. The molecule has 16 heavy (non-hydrogen) atoms. The van der Waals surface area contributed by atoms with Crippen LogP contribution in [0.2, 0.25) is 0 Å². The second-order valence-corrected chi connectivity index (χ2v) is 4.38. The fourth-order valence-electron chi connectivity index (χ4n) is 1.62. The summed E-state index contributed by atoms with van der Waals surface area (Å²) in [4.78, 5) is 8.93. The van der Waals surface area contributed by atoms with E-state index < -0.39 is 0 Å². The minimum absolute atomic E-state index is 0.864. The van der Waals surface area contributed by atoms with Gasteiger partial charge in [-0.2, -0.15) is 0 Å². The SMILES string of the molecule is CCCc1nc(NC)cc(NCC2CC2)n1. The molecule has 2 rings (SSSR count). The van der Waals surface area contributed by atoms with Crippen LogP contribution in [0.5, 0.6) is 0 Å². The lowest BCUT2D eigenvalue weighted by atomic mass is 10.3. The molecular weight excluding hydrogens is 200 g/mol. The Morgan fingerprint density at radius 1 is 1.31 bits per heavy atom. The molecule has 0 radical (unpaired) electrons. The number of aryl methyl sites for hydroxylation is 1. The molecule has 0 aromatic carbocycles. The third-order valence-corrected chi connectivity index (χ3v) is 2.77. The van der Waals surface area contributed by atoms with Crippen molar-refractivity contribution in [3.8, 4) is 0 Å². The zero-order valence-corrected chi connectivity index (χ0v) is 10.1. The lowest BCUT2D eigenvalue weighted by Crippen LogP contribution is -2.08. The van der Waals surface area contributed by atoms with Crippen molar-refractivity contribution >= 4 is 11.6 Å². The number of hydrogen-bond acceptors (Lipinski definition) is 4. The molecule has 88 valence electrons. The van der Waals surface area contributed by atoms with E-state index in [4.69, 9.17) is 0 Å². The predicted molar refractivity (Wildman–Crippen MR) is 66.8 cm³/mol. The maximum Gasteiger partial charge on any atom is 0.133 e. The van der Waals surface area contributed by atoms with Crippen molar-refractivity contribution in [2.75, 3.05) is 24.2 Å². The fraction of sp³-hybridized carbons (Fsp3) is 0.667. The van der Waals surface area contributed by atoms with E-state index in [1.165, 1.54) is 12.8 Å². The van der Waals surface area contributed by atoms with Crippen LogP contribution in [-0.2, 0) is 6.42 Å². The average Bonchev–Trinajstić information content (AvgIpc) is 3.10. The van der Waals surface area contributed by atoms with Gasteiger partial charge in [0, 0.05) is 26.1 Å². The number of nitrogens with zero attached hydrogens (tertiary/aromatic N) is 2. The van der Waals surface area contributed by atoms with E-state index in [9.17, 15) is 0 Å². The van der Waals surface area contributed by atoms with E-state index in [2.05, 4.69) is 27.5 Å². The molecule has 1 aromatic rings. The summed E-state index contributed by atoms with van der Waals surface area (Å²) in [6, 6.07) is 1.97. The van der Waals surface area contributed by atoms with E-state index in [0.717, 1.165) is 42.8 Å². The van der Waals surface area contributed by atoms with Gasteiger partial charge >= 0.3 is 0 Å². The first-order valence-electron chi connectivity index (χ1n) is 6.11. The Kier molecular flexibility index (Phi) is 3.59. The molecule has 0 unspecified atom stereocenters. The van der Waals surface area contributed by atoms with Gasteiger partial charge in [-0.3, -0.25) is 0 Å². The highest BCUT2D eigenvalue weighted by atomic mass is 15.1. The maximum atomic E-state index is 4.51. The summed E-state index contributed by atoms with van der Waals surface area (Å²) in [5, 5.41) is 6.47. The Hall–Kier alpha value is -1.32. The normalized spacial score (nSPS) is 14.9. The molecule has 1 saturated carbocycles. The van der Waals surface area contributed by atoms with Gasteiger partial charge in [-0.15, -0.1) is 0 Å². The Labute approximate surface area is 96.9 Å². The molecular formula is C12H20N4. The van der Waals surface area contributed by atoms with Crippen LogP contribution in [0, 0.1) is 5.92 Å². The van der Waals surface area contributed by atoms with Gasteiger partial charge in [0.2, 0.25) is 0 Å². The number of nitrogens with one attached hydrogen (secondary N) is 2. The van der Waals surface area contributed by atoms with Gasteiger partial charge in [0.05, 0.1) is 0 Å². The highest BCUT2D eigenvalue weighted by Gasteiger charge is 2.20. The summed E-state index contributed by atoms with van der Waals surface area (Å²) in [6.45, 7) is 3.19. The lowest BCUT2D eigenvalue weighted by Gasteiger charge is -2.08. The molecule has 4 nitrogen and oxygen atoms in total. The van der Waals surface area contributed by atoms with E-state index in [-0.39, 0.29) is 0 Å². The van der Waals surface area contributed by atoms with Gasteiger partial charge in [-0.1, -0.05) is 6.92 Å². The Balaban J connectivity index is 2.04. The molecule has 1 heterocycles. The van der Waals surface area contributed by atoms with Crippen LogP contribution in [0.15, 0.2) is 6.07 Å². The Morgan fingerprint density at radius 2 is 2.06 bits per heavy atom. The van der Waals surface area contributed by atoms with Gasteiger partial charge in [0.25, 0.3) is 0 Å². The van der Waals surface area contributed by atoms with Gasteiger partial charge in [0.1, 0.15) is 17.5 Å². The highest BCUT2D eigenvalue weighted by molar-refractivity contribution is 5.47. The molecule has 0 amide bonds. The van der Waals surface area contributed by atoms with E-state index in [0.29, 0.717) is 0 Å². The van der Waals surface area contributed by atoms with Crippen LogP contribution < -0.4 is 10.6 Å². The molecule has 0 aliphatic heterocycles. The topological polar surface area (TPSA) is 49.8 Å². The molecule has 1 aliphatic rings. The second-order valence-electron chi connectivity index (χ2n) is 4.38. The third-order valence-electron chi connectivity index (χ3n) is 2.77. The zero-order valence-electron chi connectivity index (χ0n) is 10.1. The highest BCUT2D eigenvalue weighted by Crippen LogP contribution is 2.28. The smallest absolute Gasteiger partial charge is 0.133 e. The Morgan fingerprint density at radius 3 is 2.69 bits per heavy atom. The van der Waals surface area contributed by atoms with Crippen LogP contribution in [0.3, 0.4) is 0 Å². The van der Waals surface area contributed by atoms with Gasteiger partial charge in [-0.25, -0.2) is 9.97 Å². The van der Waals surface area contributed by atoms with Crippen molar-refractivity contribution in [1.29, 1.82) is 0 Å². The molecule has 2 N–H and O–H groups in total. The molecule has 0 spiro atoms. The van der Waals surface area contributed by atoms with Crippen LogP contribution >= 0.6 is 0 Å². The van der Waals surface area contributed by atoms with Crippen molar-refractivity contribution in [3.05, 3.63) is 11.9 Å². The minimum Gasteiger partial charge on any atom is -0.373 e.